The number of para-hydroxylation sites is 2. The molecule has 0 spiro atoms. The molecular weight excluding hydrogens is 368 g/mol. The highest BCUT2D eigenvalue weighted by atomic mass is 16.5. The van der Waals surface area contributed by atoms with Gasteiger partial charge in [-0.05, 0) is 36.2 Å². The molecule has 0 saturated carbocycles. The minimum Gasteiger partial charge on any atom is -0.496 e. The summed E-state index contributed by atoms with van der Waals surface area (Å²) in [6.07, 6.45) is 0.785. The molecule has 3 rings (SSSR count). The maximum absolute atomic E-state index is 12.3. The maximum atomic E-state index is 12.3. The first kappa shape index (κ1) is 20.1. The second kappa shape index (κ2) is 10.1. The van der Waals surface area contributed by atoms with Gasteiger partial charge in [0.05, 0.1) is 14.2 Å². The maximum Gasteiger partial charge on any atom is 0.272 e. The highest BCUT2D eigenvalue weighted by Crippen LogP contribution is 2.18. The molecule has 7 nitrogen and oxygen atoms in total. The Labute approximate surface area is 170 Å². The number of hydrogen-bond acceptors (Lipinski definition) is 6. The van der Waals surface area contributed by atoms with Crippen molar-refractivity contribution in [3.05, 3.63) is 77.5 Å². The zero-order valence-electron chi connectivity index (χ0n) is 16.5. The lowest BCUT2D eigenvalue weighted by Crippen LogP contribution is -2.24. The van der Waals surface area contributed by atoms with Crippen LogP contribution in [-0.2, 0) is 13.0 Å². The van der Waals surface area contributed by atoms with Gasteiger partial charge in [0.15, 0.2) is 5.69 Å². The Balaban J connectivity index is 1.51. The Morgan fingerprint density at radius 1 is 0.862 bits per heavy atom. The fourth-order valence-corrected chi connectivity index (χ4v) is 2.90. The van der Waals surface area contributed by atoms with Crippen LogP contribution in [0.15, 0.2) is 60.7 Å². The SMILES string of the molecule is COc1ccccc1CCNc1ccc(C(=O)NCc2ccccc2OC)nn1. The topological polar surface area (TPSA) is 85.4 Å². The van der Waals surface area contributed by atoms with Crippen molar-refractivity contribution in [3.63, 3.8) is 0 Å². The van der Waals surface area contributed by atoms with Crippen molar-refractivity contribution in [2.24, 2.45) is 0 Å². The van der Waals surface area contributed by atoms with E-state index in [9.17, 15) is 4.79 Å². The lowest BCUT2D eigenvalue weighted by atomic mass is 10.1. The van der Waals surface area contributed by atoms with Crippen LogP contribution in [0, 0.1) is 0 Å². The van der Waals surface area contributed by atoms with E-state index in [4.69, 9.17) is 9.47 Å². The van der Waals surface area contributed by atoms with Gasteiger partial charge in [0.1, 0.15) is 17.3 Å². The minimum atomic E-state index is -0.288. The summed E-state index contributed by atoms with van der Waals surface area (Å²) in [5.74, 6) is 1.92. The molecule has 0 radical (unpaired) electrons. The second-order valence-corrected chi connectivity index (χ2v) is 6.29. The van der Waals surface area contributed by atoms with Crippen LogP contribution in [0.3, 0.4) is 0 Å². The molecule has 0 aliphatic rings. The molecule has 2 aromatic carbocycles. The predicted octanol–water partition coefficient (Wildman–Crippen LogP) is 3.08. The standard InChI is InChI=1S/C22H24N4O3/c1-28-19-9-5-3-7-16(19)13-14-23-21-12-11-18(25-26-21)22(27)24-15-17-8-4-6-10-20(17)29-2/h3-12H,13-15H2,1-2H3,(H,23,26)(H,24,27). The molecule has 150 valence electrons. The fourth-order valence-electron chi connectivity index (χ4n) is 2.90. The number of anilines is 1. The van der Waals surface area contributed by atoms with Gasteiger partial charge in [-0.3, -0.25) is 4.79 Å². The molecule has 0 aliphatic carbocycles. The number of hydrogen-bond donors (Lipinski definition) is 2. The van der Waals surface area contributed by atoms with Crippen molar-refractivity contribution in [2.75, 3.05) is 26.1 Å². The first-order valence-corrected chi connectivity index (χ1v) is 9.31. The lowest BCUT2D eigenvalue weighted by Gasteiger charge is -2.10. The van der Waals surface area contributed by atoms with E-state index in [1.165, 1.54) is 0 Å². The number of carbonyl (C=O) groups is 1. The summed E-state index contributed by atoms with van der Waals surface area (Å²) < 4.78 is 10.6. The summed E-state index contributed by atoms with van der Waals surface area (Å²) in [6, 6.07) is 18.8. The van der Waals surface area contributed by atoms with E-state index >= 15 is 0 Å². The van der Waals surface area contributed by atoms with Crippen molar-refractivity contribution in [2.45, 2.75) is 13.0 Å². The van der Waals surface area contributed by atoms with Crippen LogP contribution in [0.4, 0.5) is 5.82 Å². The van der Waals surface area contributed by atoms with Gasteiger partial charge < -0.3 is 20.1 Å². The van der Waals surface area contributed by atoms with Crippen LogP contribution in [0.1, 0.15) is 21.6 Å². The molecule has 1 amide bonds. The normalized spacial score (nSPS) is 10.3. The Morgan fingerprint density at radius 2 is 1.52 bits per heavy atom. The number of amides is 1. The van der Waals surface area contributed by atoms with Crippen LogP contribution in [-0.4, -0.2) is 36.9 Å². The van der Waals surface area contributed by atoms with Gasteiger partial charge in [-0.15, -0.1) is 10.2 Å². The van der Waals surface area contributed by atoms with Crippen molar-refractivity contribution >= 4 is 11.7 Å². The smallest absolute Gasteiger partial charge is 0.272 e. The summed E-state index contributed by atoms with van der Waals surface area (Å²) in [6.45, 7) is 1.03. The number of rotatable bonds is 9. The van der Waals surface area contributed by atoms with Crippen molar-refractivity contribution < 1.29 is 14.3 Å². The van der Waals surface area contributed by atoms with Gasteiger partial charge >= 0.3 is 0 Å². The first-order valence-electron chi connectivity index (χ1n) is 9.31. The third-order valence-corrected chi connectivity index (χ3v) is 4.42. The molecule has 3 aromatic rings. The van der Waals surface area contributed by atoms with E-state index in [0.717, 1.165) is 29.0 Å². The number of ether oxygens (including phenoxy) is 2. The van der Waals surface area contributed by atoms with E-state index in [2.05, 4.69) is 20.8 Å². The number of nitrogens with zero attached hydrogens (tertiary/aromatic N) is 2. The summed E-state index contributed by atoms with van der Waals surface area (Å²) in [5, 5.41) is 14.1. The summed E-state index contributed by atoms with van der Waals surface area (Å²) >= 11 is 0. The number of benzene rings is 2. The third kappa shape index (κ3) is 5.44. The van der Waals surface area contributed by atoms with Crippen molar-refractivity contribution in [3.8, 4) is 11.5 Å². The molecule has 0 aliphatic heterocycles. The Bertz CT molecular complexity index is 945. The summed E-state index contributed by atoms with van der Waals surface area (Å²) in [5.41, 5.74) is 2.27. The monoisotopic (exact) mass is 392 g/mol. The highest BCUT2D eigenvalue weighted by molar-refractivity contribution is 5.92. The van der Waals surface area contributed by atoms with E-state index in [-0.39, 0.29) is 11.6 Å². The van der Waals surface area contributed by atoms with E-state index in [1.54, 1.807) is 26.4 Å². The van der Waals surface area contributed by atoms with E-state index in [0.29, 0.717) is 18.9 Å². The van der Waals surface area contributed by atoms with Gasteiger partial charge in [-0.1, -0.05) is 36.4 Å². The molecule has 0 bridgehead atoms. The average molecular weight is 392 g/mol. The molecule has 2 N–H and O–H groups in total. The molecule has 1 heterocycles. The van der Waals surface area contributed by atoms with Gasteiger partial charge in [0, 0.05) is 18.7 Å². The van der Waals surface area contributed by atoms with Crippen LogP contribution in [0.5, 0.6) is 11.5 Å². The average Bonchev–Trinajstić information content (AvgIpc) is 2.78. The van der Waals surface area contributed by atoms with Crippen LogP contribution in [0.2, 0.25) is 0 Å². The number of methoxy groups -OCH3 is 2. The summed E-state index contributed by atoms with van der Waals surface area (Å²) in [4.78, 5) is 12.3. The molecule has 0 fully saturated rings. The van der Waals surface area contributed by atoms with E-state index in [1.807, 2.05) is 48.5 Å². The van der Waals surface area contributed by atoms with Crippen LogP contribution < -0.4 is 20.1 Å². The quantitative estimate of drug-likeness (QED) is 0.582. The van der Waals surface area contributed by atoms with Gasteiger partial charge in [-0.25, -0.2) is 0 Å². The van der Waals surface area contributed by atoms with Gasteiger partial charge in [0.25, 0.3) is 5.91 Å². The van der Waals surface area contributed by atoms with E-state index < -0.39 is 0 Å². The third-order valence-electron chi connectivity index (χ3n) is 4.42. The molecule has 0 unspecified atom stereocenters. The zero-order valence-corrected chi connectivity index (χ0v) is 16.5. The Kier molecular flexibility index (Phi) is 7.00. The molecule has 1 aromatic heterocycles. The first-order chi connectivity index (χ1) is 14.2. The van der Waals surface area contributed by atoms with Crippen LogP contribution in [0.25, 0.3) is 0 Å². The number of aromatic nitrogens is 2. The second-order valence-electron chi connectivity index (χ2n) is 6.29. The molecule has 29 heavy (non-hydrogen) atoms. The predicted molar refractivity (Wildman–Crippen MR) is 111 cm³/mol. The number of nitrogens with one attached hydrogen (secondary N) is 2. The Morgan fingerprint density at radius 3 is 2.17 bits per heavy atom. The minimum absolute atomic E-state index is 0.259. The fraction of sp³-hybridized carbons (Fsp3) is 0.227. The van der Waals surface area contributed by atoms with Crippen molar-refractivity contribution in [1.82, 2.24) is 15.5 Å². The zero-order chi connectivity index (χ0) is 20.5. The summed E-state index contributed by atoms with van der Waals surface area (Å²) in [7, 11) is 3.26. The van der Waals surface area contributed by atoms with Gasteiger partial charge in [-0.2, -0.15) is 0 Å². The van der Waals surface area contributed by atoms with Crippen molar-refractivity contribution in [1.29, 1.82) is 0 Å². The largest absolute Gasteiger partial charge is 0.496 e. The molecule has 0 atom stereocenters. The highest BCUT2D eigenvalue weighted by Gasteiger charge is 2.10. The lowest BCUT2D eigenvalue weighted by molar-refractivity contribution is 0.0944. The number of carbonyl (C=O) groups excluding carboxylic acids is 1. The molecular formula is C22H24N4O3. The van der Waals surface area contributed by atoms with Crippen LogP contribution >= 0.6 is 0 Å². The van der Waals surface area contributed by atoms with Gasteiger partial charge in [0.2, 0.25) is 0 Å². The Hall–Kier alpha value is -3.61. The molecule has 0 saturated heterocycles. The molecule has 7 heteroatoms.